The Morgan fingerprint density at radius 3 is 2.32 bits per heavy atom. The molecule has 4 nitrogen and oxygen atoms in total. The van der Waals surface area contributed by atoms with Crippen LogP contribution < -0.4 is 10.6 Å². The zero-order chi connectivity index (χ0) is 14.8. The van der Waals surface area contributed by atoms with Gasteiger partial charge in [-0.2, -0.15) is 0 Å². The molecule has 0 aromatic heterocycles. The first-order chi connectivity index (χ1) is 8.47. The first kappa shape index (κ1) is 16.3. The molecule has 0 atom stereocenters. The third-order valence-electron chi connectivity index (χ3n) is 2.15. The van der Waals surface area contributed by atoms with Crippen molar-refractivity contribution in [1.82, 2.24) is 0 Å². The van der Waals surface area contributed by atoms with Crippen molar-refractivity contribution in [2.24, 2.45) is 0 Å². The van der Waals surface area contributed by atoms with Gasteiger partial charge in [-0.1, -0.05) is 15.9 Å². The number of ether oxygens (including phenoxy) is 1. The van der Waals surface area contributed by atoms with Gasteiger partial charge in [0.25, 0.3) is 0 Å². The highest BCUT2D eigenvalue weighted by Crippen LogP contribution is 2.36. The van der Waals surface area contributed by atoms with Gasteiger partial charge in [-0.15, -0.1) is 0 Å². The molecule has 0 aliphatic rings. The zero-order valence-corrected chi connectivity index (χ0v) is 14.3. The van der Waals surface area contributed by atoms with E-state index in [1.165, 1.54) is 0 Å². The van der Waals surface area contributed by atoms with Gasteiger partial charge >= 0.3 is 6.09 Å². The van der Waals surface area contributed by atoms with E-state index in [1.54, 1.807) is 52.3 Å². The quantitative estimate of drug-likeness (QED) is 0.821. The number of halogens is 1. The number of hydrogen-bond acceptors (Lipinski definition) is 3. The fourth-order valence-electron chi connectivity index (χ4n) is 1.38. The van der Waals surface area contributed by atoms with E-state index >= 15 is 0 Å². The topological polar surface area (TPSA) is 55.4 Å². The van der Waals surface area contributed by atoms with E-state index in [4.69, 9.17) is 4.74 Å². The first-order valence-electron chi connectivity index (χ1n) is 5.83. The molecule has 0 saturated heterocycles. The lowest BCUT2D eigenvalue weighted by Crippen LogP contribution is -2.27. The van der Waals surface area contributed by atoms with Gasteiger partial charge in [-0.3, -0.25) is 5.32 Å². The van der Waals surface area contributed by atoms with Gasteiger partial charge < -0.3 is 9.30 Å². The average molecular weight is 348 g/mol. The number of hydrogen-bond donors (Lipinski definition) is 1. The molecule has 0 radical (unpaired) electrons. The van der Waals surface area contributed by atoms with Crippen LogP contribution in [0.15, 0.2) is 22.7 Å². The summed E-state index contributed by atoms with van der Waals surface area (Å²) in [5.74, 6) is 0. The van der Waals surface area contributed by atoms with Crippen LogP contribution in [0.2, 0.25) is 0 Å². The lowest BCUT2D eigenvalue weighted by Gasteiger charge is -2.20. The summed E-state index contributed by atoms with van der Waals surface area (Å²) >= 11 is 3.34. The van der Waals surface area contributed by atoms with Gasteiger partial charge in [0.1, 0.15) is 12.7 Å². The second-order valence-corrected chi connectivity index (χ2v) is 9.81. The maximum Gasteiger partial charge on any atom is 0.412 e. The van der Waals surface area contributed by atoms with Crippen molar-refractivity contribution in [1.29, 1.82) is 0 Å². The number of carbonyl (C=O) groups is 1. The maximum atomic E-state index is 12.1. The highest BCUT2D eigenvalue weighted by atomic mass is 79.9. The minimum atomic E-state index is -2.38. The summed E-state index contributed by atoms with van der Waals surface area (Å²) in [6.07, 6.45) is -0.529. The van der Waals surface area contributed by atoms with Crippen LogP contribution in [0.5, 0.6) is 0 Å². The summed E-state index contributed by atoms with van der Waals surface area (Å²) < 4.78 is 18.0. The van der Waals surface area contributed by atoms with Crippen LogP contribution >= 0.6 is 23.1 Å². The van der Waals surface area contributed by atoms with E-state index in [1.807, 2.05) is 0 Å². The van der Waals surface area contributed by atoms with Crippen molar-refractivity contribution in [3.05, 3.63) is 22.7 Å². The molecule has 0 aliphatic heterocycles. The Kier molecular flexibility index (Phi) is 4.86. The molecule has 0 aliphatic carbocycles. The van der Waals surface area contributed by atoms with Gasteiger partial charge in [-0.25, -0.2) is 4.79 Å². The van der Waals surface area contributed by atoms with Crippen molar-refractivity contribution in [2.45, 2.75) is 26.4 Å². The van der Waals surface area contributed by atoms with Crippen LogP contribution in [0.1, 0.15) is 20.8 Å². The van der Waals surface area contributed by atoms with Crippen LogP contribution in [-0.2, 0) is 9.30 Å². The first-order valence-corrected chi connectivity index (χ1v) is 9.23. The Balaban J connectivity index is 2.94. The number of anilines is 1. The minimum Gasteiger partial charge on any atom is -0.444 e. The molecule has 106 valence electrons. The molecular formula is C13H19BrNO3P. The van der Waals surface area contributed by atoms with Crippen LogP contribution in [0, 0.1) is 0 Å². The summed E-state index contributed by atoms with van der Waals surface area (Å²) in [6, 6.07) is 5.24. The van der Waals surface area contributed by atoms with Crippen molar-refractivity contribution < 1.29 is 14.1 Å². The Labute approximate surface area is 122 Å². The van der Waals surface area contributed by atoms with Gasteiger partial charge in [-0.05, 0) is 52.3 Å². The highest BCUT2D eigenvalue weighted by molar-refractivity contribution is 9.10. The van der Waals surface area contributed by atoms with E-state index in [0.29, 0.717) is 11.0 Å². The number of carbonyl (C=O) groups excluding carboxylic acids is 1. The lowest BCUT2D eigenvalue weighted by molar-refractivity contribution is 0.0636. The summed E-state index contributed by atoms with van der Waals surface area (Å²) in [5, 5.41) is 3.34. The molecule has 0 saturated carbocycles. The summed E-state index contributed by atoms with van der Waals surface area (Å²) in [4.78, 5) is 11.7. The average Bonchev–Trinajstić information content (AvgIpc) is 2.11. The molecule has 1 rings (SSSR count). The third-order valence-corrected chi connectivity index (χ3v) is 4.11. The molecule has 1 aromatic carbocycles. The van der Waals surface area contributed by atoms with Crippen molar-refractivity contribution in [2.75, 3.05) is 18.6 Å². The number of amides is 1. The molecule has 0 spiro atoms. The monoisotopic (exact) mass is 347 g/mol. The van der Waals surface area contributed by atoms with E-state index in [0.717, 1.165) is 4.47 Å². The molecule has 1 aromatic rings. The molecule has 19 heavy (non-hydrogen) atoms. The second kappa shape index (κ2) is 5.68. The van der Waals surface area contributed by atoms with Crippen LogP contribution in [0.4, 0.5) is 10.5 Å². The molecular weight excluding hydrogens is 329 g/mol. The van der Waals surface area contributed by atoms with Gasteiger partial charge in [0.15, 0.2) is 0 Å². The molecule has 0 bridgehead atoms. The second-order valence-electron chi connectivity index (χ2n) is 5.68. The number of benzene rings is 1. The number of rotatable bonds is 2. The lowest BCUT2D eigenvalue weighted by atomic mass is 10.2. The number of nitrogens with one attached hydrogen (secondary N) is 1. The van der Waals surface area contributed by atoms with E-state index in [9.17, 15) is 9.36 Å². The van der Waals surface area contributed by atoms with Gasteiger partial charge in [0.2, 0.25) is 0 Å². The fourth-order valence-corrected chi connectivity index (χ4v) is 2.95. The molecule has 1 N–H and O–H groups in total. The molecule has 0 fully saturated rings. The van der Waals surface area contributed by atoms with Crippen molar-refractivity contribution >= 4 is 40.2 Å². The predicted molar refractivity (Wildman–Crippen MR) is 83.1 cm³/mol. The summed E-state index contributed by atoms with van der Waals surface area (Å²) in [7, 11) is -2.38. The van der Waals surface area contributed by atoms with Gasteiger partial charge in [0, 0.05) is 15.5 Å². The Morgan fingerprint density at radius 2 is 1.84 bits per heavy atom. The van der Waals surface area contributed by atoms with E-state index in [-0.39, 0.29) is 0 Å². The van der Waals surface area contributed by atoms with E-state index < -0.39 is 18.8 Å². The fraction of sp³-hybridized carbons (Fsp3) is 0.462. The smallest absolute Gasteiger partial charge is 0.412 e. The van der Waals surface area contributed by atoms with Crippen LogP contribution in [-0.4, -0.2) is 25.0 Å². The zero-order valence-electron chi connectivity index (χ0n) is 11.8. The highest BCUT2D eigenvalue weighted by Gasteiger charge is 2.18. The molecule has 0 heterocycles. The van der Waals surface area contributed by atoms with Crippen LogP contribution in [0.25, 0.3) is 0 Å². The van der Waals surface area contributed by atoms with Gasteiger partial charge in [0.05, 0.1) is 0 Å². The summed E-state index contributed by atoms with van der Waals surface area (Å²) in [6.45, 7) is 8.76. The molecule has 0 unspecified atom stereocenters. The standard InChI is InChI=1S/C13H19BrNO3P/c1-13(2,3)18-12(16)15-10-6-9(14)7-11(8-10)19(4,5)17/h6-8H,1-5H3,(H,15,16). The normalized spacial score (nSPS) is 12.1. The SMILES string of the molecule is CC(C)(C)OC(=O)Nc1cc(Br)cc(P(C)(C)=O)c1. The largest absolute Gasteiger partial charge is 0.444 e. The Hall–Kier alpha value is -0.800. The Morgan fingerprint density at radius 1 is 1.26 bits per heavy atom. The van der Waals surface area contributed by atoms with Crippen LogP contribution in [0.3, 0.4) is 0 Å². The molecule has 6 heteroatoms. The van der Waals surface area contributed by atoms with E-state index in [2.05, 4.69) is 21.2 Å². The van der Waals surface area contributed by atoms with Crippen molar-refractivity contribution in [3.8, 4) is 0 Å². The summed E-state index contributed by atoms with van der Waals surface area (Å²) in [5.41, 5.74) is 0.00606. The predicted octanol–water partition coefficient (Wildman–Crippen LogP) is 4.04. The maximum absolute atomic E-state index is 12.1. The minimum absolute atomic E-state index is 0.529. The van der Waals surface area contributed by atoms with Crippen molar-refractivity contribution in [3.63, 3.8) is 0 Å². The molecule has 1 amide bonds. The third kappa shape index (κ3) is 5.79. The Bertz CT molecular complexity index is 531.